The van der Waals surface area contributed by atoms with Crippen molar-refractivity contribution in [2.24, 2.45) is 4.99 Å². The number of carbonyl (C=O) groups excluding carboxylic acids is 1. The van der Waals surface area contributed by atoms with E-state index in [2.05, 4.69) is 4.99 Å². The van der Waals surface area contributed by atoms with Gasteiger partial charge in [-0.2, -0.15) is 0 Å². The lowest BCUT2D eigenvalue weighted by molar-refractivity contribution is -0.129. The second kappa shape index (κ2) is 7.49. The lowest BCUT2D eigenvalue weighted by Gasteiger charge is -1.99. The average molecular weight is 335 g/mol. The van der Waals surface area contributed by atoms with Crippen LogP contribution >= 0.6 is 0 Å². The van der Waals surface area contributed by atoms with Crippen LogP contribution < -0.4 is 9.47 Å². The Bertz CT molecular complexity index is 846. The van der Waals surface area contributed by atoms with Gasteiger partial charge in [0.15, 0.2) is 5.70 Å². The smallest absolute Gasteiger partial charge is 0.363 e. The van der Waals surface area contributed by atoms with Crippen LogP contribution in [0.1, 0.15) is 11.1 Å². The number of rotatable bonds is 5. The predicted molar refractivity (Wildman–Crippen MR) is 96.5 cm³/mol. The Hall–Kier alpha value is -3.34. The zero-order valence-electron chi connectivity index (χ0n) is 13.9. The van der Waals surface area contributed by atoms with Gasteiger partial charge in [-0.3, -0.25) is 0 Å². The van der Waals surface area contributed by atoms with Gasteiger partial charge in [-0.15, -0.1) is 0 Å². The van der Waals surface area contributed by atoms with Crippen LogP contribution in [0.2, 0.25) is 0 Å². The van der Waals surface area contributed by atoms with Gasteiger partial charge in [-0.05, 0) is 47.5 Å². The highest BCUT2D eigenvalue weighted by atomic mass is 16.6. The lowest BCUT2D eigenvalue weighted by Crippen LogP contribution is -2.01. The van der Waals surface area contributed by atoms with E-state index in [4.69, 9.17) is 14.2 Å². The molecule has 2 aromatic rings. The number of benzene rings is 2. The molecule has 1 aliphatic rings. The Balaban J connectivity index is 1.74. The van der Waals surface area contributed by atoms with E-state index in [9.17, 15) is 4.79 Å². The summed E-state index contributed by atoms with van der Waals surface area (Å²) < 4.78 is 15.4. The molecular formula is C20H17NO4. The second-order valence-corrected chi connectivity index (χ2v) is 5.25. The van der Waals surface area contributed by atoms with Crippen molar-refractivity contribution in [3.63, 3.8) is 0 Å². The van der Waals surface area contributed by atoms with E-state index in [0.29, 0.717) is 0 Å². The molecule has 0 atom stereocenters. The number of nitrogens with zero attached hydrogens (tertiary/aromatic N) is 1. The number of hydrogen-bond acceptors (Lipinski definition) is 5. The number of cyclic esters (lactones) is 1. The van der Waals surface area contributed by atoms with Crippen LogP contribution in [0.3, 0.4) is 0 Å². The van der Waals surface area contributed by atoms with E-state index in [-0.39, 0.29) is 11.6 Å². The first-order valence-corrected chi connectivity index (χ1v) is 7.67. The standard InChI is InChI=1S/C20H17NO4/c1-23-16-8-3-14(4-9-16)7-12-19-21-18(20(22)25-19)13-15-5-10-17(24-2)11-6-15/h3-13H,1-2H3/b12-7+,18-13+. The van der Waals surface area contributed by atoms with Gasteiger partial charge in [0, 0.05) is 6.08 Å². The summed E-state index contributed by atoms with van der Waals surface area (Å²) in [4.78, 5) is 16.1. The van der Waals surface area contributed by atoms with Gasteiger partial charge in [-0.25, -0.2) is 9.79 Å². The maximum atomic E-state index is 11.9. The second-order valence-electron chi connectivity index (χ2n) is 5.25. The maximum absolute atomic E-state index is 11.9. The summed E-state index contributed by atoms with van der Waals surface area (Å²) in [7, 11) is 3.22. The van der Waals surface area contributed by atoms with Crippen molar-refractivity contribution in [3.8, 4) is 11.5 Å². The molecule has 0 amide bonds. The molecule has 0 saturated carbocycles. The van der Waals surface area contributed by atoms with E-state index in [1.807, 2.05) is 54.6 Å². The number of hydrogen-bond donors (Lipinski definition) is 0. The Kier molecular flexibility index (Phi) is 4.95. The SMILES string of the molecule is COc1ccc(/C=C/C2=NC(=C/c3ccc(OC)cc3)/C(=O)O2)cc1. The normalized spacial score (nSPS) is 15.4. The monoisotopic (exact) mass is 335 g/mol. The zero-order chi connectivity index (χ0) is 17.6. The first-order valence-electron chi connectivity index (χ1n) is 7.67. The first kappa shape index (κ1) is 16.5. The van der Waals surface area contributed by atoms with Crippen LogP contribution in [-0.2, 0) is 9.53 Å². The fourth-order valence-electron chi connectivity index (χ4n) is 2.24. The van der Waals surface area contributed by atoms with Gasteiger partial charge in [0.25, 0.3) is 0 Å². The van der Waals surface area contributed by atoms with E-state index in [1.54, 1.807) is 26.4 Å². The molecule has 1 aliphatic heterocycles. The van der Waals surface area contributed by atoms with Crippen molar-refractivity contribution < 1.29 is 19.0 Å². The summed E-state index contributed by atoms with van der Waals surface area (Å²) in [6, 6.07) is 14.9. The topological polar surface area (TPSA) is 57.1 Å². The molecule has 126 valence electrons. The van der Waals surface area contributed by atoms with Gasteiger partial charge < -0.3 is 14.2 Å². The number of ether oxygens (including phenoxy) is 3. The third-order valence-corrected chi connectivity index (χ3v) is 3.59. The lowest BCUT2D eigenvalue weighted by atomic mass is 10.2. The van der Waals surface area contributed by atoms with Crippen LogP contribution in [0.25, 0.3) is 12.2 Å². The average Bonchev–Trinajstić information content (AvgIpc) is 3.00. The highest BCUT2D eigenvalue weighted by Crippen LogP contribution is 2.19. The fraction of sp³-hybridized carbons (Fsp3) is 0.100. The van der Waals surface area contributed by atoms with Crippen molar-refractivity contribution in [1.82, 2.24) is 0 Å². The van der Waals surface area contributed by atoms with Crippen LogP contribution in [0.5, 0.6) is 11.5 Å². The van der Waals surface area contributed by atoms with E-state index >= 15 is 0 Å². The highest BCUT2D eigenvalue weighted by molar-refractivity contribution is 6.11. The molecule has 0 saturated heterocycles. The zero-order valence-corrected chi connectivity index (χ0v) is 13.9. The minimum Gasteiger partial charge on any atom is -0.497 e. The molecule has 5 nitrogen and oxygen atoms in total. The molecule has 25 heavy (non-hydrogen) atoms. The molecule has 1 heterocycles. The van der Waals surface area contributed by atoms with Gasteiger partial charge in [0.1, 0.15) is 11.5 Å². The fourth-order valence-corrected chi connectivity index (χ4v) is 2.24. The predicted octanol–water partition coefficient (Wildman–Crippen LogP) is 3.71. The summed E-state index contributed by atoms with van der Waals surface area (Å²) in [5.74, 6) is 1.33. The van der Waals surface area contributed by atoms with Crippen molar-refractivity contribution in [2.75, 3.05) is 14.2 Å². The Morgan fingerprint density at radius 1 is 0.840 bits per heavy atom. The van der Waals surface area contributed by atoms with Crippen LogP contribution in [0.4, 0.5) is 0 Å². The van der Waals surface area contributed by atoms with Gasteiger partial charge in [-0.1, -0.05) is 24.3 Å². The Morgan fingerprint density at radius 3 is 1.96 bits per heavy atom. The molecule has 0 fully saturated rings. The summed E-state index contributed by atoms with van der Waals surface area (Å²) >= 11 is 0. The van der Waals surface area contributed by atoms with Crippen molar-refractivity contribution in [1.29, 1.82) is 0 Å². The Labute approximate surface area is 145 Å². The number of aliphatic imine (C=N–C) groups is 1. The molecular weight excluding hydrogens is 318 g/mol. The molecule has 5 heteroatoms. The van der Waals surface area contributed by atoms with Gasteiger partial charge >= 0.3 is 5.97 Å². The first-order chi connectivity index (χ1) is 12.2. The molecule has 0 unspecified atom stereocenters. The summed E-state index contributed by atoms with van der Waals surface area (Å²) in [6.45, 7) is 0. The molecule has 3 rings (SSSR count). The van der Waals surface area contributed by atoms with Crippen LogP contribution in [0.15, 0.2) is 65.3 Å². The number of esters is 1. The van der Waals surface area contributed by atoms with Crippen molar-refractivity contribution in [2.45, 2.75) is 0 Å². The van der Waals surface area contributed by atoms with Crippen molar-refractivity contribution in [3.05, 3.63) is 71.4 Å². The third-order valence-electron chi connectivity index (χ3n) is 3.59. The van der Waals surface area contributed by atoms with Gasteiger partial charge in [0.2, 0.25) is 5.90 Å². The minimum absolute atomic E-state index is 0.263. The Morgan fingerprint density at radius 2 is 1.40 bits per heavy atom. The van der Waals surface area contributed by atoms with Crippen molar-refractivity contribution >= 4 is 24.0 Å². The van der Waals surface area contributed by atoms with E-state index in [0.717, 1.165) is 22.6 Å². The third kappa shape index (κ3) is 4.14. The van der Waals surface area contributed by atoms with Crippen LogP contribution in [-0.4, -0.2) is 26.1 Å². The van der Waals surface area contributed by atoms with E-state index in [1.165, 1.54) is 0 Å². The molecule has 0 spiro atoms. The minimum atomic E-state index is -0.467. The highest BCUT2D eigenvalue weighted by Gasteiger charge is 2.21. The summed E-state index contributed by atoms with van der Waals surface area (Å²) in [5.41, 5.74) is 2.06. The quantitative estimate of drug-likeness (QED) is 0.617. The summed E-state index contributed by atoms with van der Waals surface area (Å²) in [5, 5.41) is 0. The number of methoxy groups -OCH3 is 2. The summed E-state index contributed by atoms with van der Waals surface area (Å²) in [6.07, 6.45) is 5.16. The molecule has 0 N–H and O–H groups in total. The van der Waals surface area contributed by atoms with Gasteiger partial charge in [0.05, 0.1) is 14.2 Å². The largest absolute Gasteiger partial charge is 0.497 e. The number of carbonyl (C=O) groups is 1. The van der Waals surface area contributed by atoms with E-state index < -0.39 is 5.97 Å². The molecule has 0 aliphatic carbocycles. The maximum Gasteiger partial charge on any atom is 0.363 e. The molecule has 0 aromatic heterocycles. The molecule has 0 bridgehead atoms. The molecule has 2 aromatic carbocycles. The molecule has 0 radical (unpaired) electrons. The van der Waals surface area contributed by atoms with Crippen LogP contribution in [0, 0.1) is 0 Å².